The molecule has 0 atom stereocenters. The first kappa shape index (κ1) is 19.5. The van der Waals surface area contributed by atoms with Crippen LogP contribution < -0.4 is 15.4 Å². The van der Waals surface area contributed by atoms with Crippen molar-refractivity contribution in [3.8, 4) is 5.75 Å². The zero-order valence-corrected chi connectivity index (χ0v) is 15.9. The Bertz CT molecular complexity index is 792. The summed E-state index contributed by atoms with van der Waals surface area (Å²) in [6, 6.07) is 14.5. The molecule has 5 nitrogen and oxygen atoms in total. The molecule has 2 aromatic rings. The first-order valence-electron chi connectivity index (χ1n) is 8.66. The van der Waals surface area contributed by atoms with Gasteiger partial charge in [0.2, 0.25) is 0 Å². The predicted molar refractivity (Wildman–Crippen MR) is 105 cm³/mol. The van der Waals surface area contributed by atoms with Gasteiger partial charge in [0.1, 0.15) is 5.75 Å². The number of hydrogen-bond acceptors (Lipinski definition) is 3. The van der Waals surface area contributed by atoms with E-state index < -0.39 is 11.8 Å². The molecule has 2 rings (SSSR count). The summed E-state index contributed by atoms with van der Waals surface area (Å²) in [6.45, 7) is 9.95. The number of carbonyl (C=O) groups is 2. The number of hydrogen-bond donors (Lipinski definition) is 2. The lowest BCUT2D eigenvalue weighted by Crippen LogP contribution is -2.30. The summed E-state index contributed by atoms with van der Waals surface area (Å²) in [5.74, 6) is -0.937. The standard InChI is InChI=1S/C21H26N2O3/c1-14(2)26-18-13-9-8-12-17(18)23-20(25)19(24)22-16-11-7-6-10-15(16)21(3,4)5/h6-14H,1-5H3,(H,22,24)(H,23,25). The molecule has 0 aliphatic rings. The van der Waals surface area contributed by atoms with Gasteiger partial charge >= 0.3 is 11.8 Å². The summed E-state index contributed by atoms with van der Waals surface area (Å²) >= 11 is 0. The Kier molecular flexibility index (Phi) is 6.03. The molecule has 2 N–H and O–H groups in total. The molecule has 0 saturated heterocycles. The number of anilines is 2. The van der Waals surface area contributed by atoms with Crippen LogP contribution in [0.3, 0.4) is 0 Å². The van der Waals surface area contributed by atoms with E-state index in [-0.39, 0.29) is 11.5 Å². The van der Waals surface area contributed by atoms with E-state index in [1.807, 2.05) is 38.1 Å². The number of carbonyl (C=O) groups excluding carboxylic acids is 2. The highest BCUT2D eigenvalue weighted by molar-refractivity contribution is 6.43. The second kappa shape index (κ2) is 8.04. The van der Waals surface area contributed by atoms with Crippen LogP contribution in [-0.2, 0) is 15.0 Å². The summed E-state index contributed by atoms with van der Waals surface area (Å²) in [5, 5.41) is 5.32. The molecule has 5 heteroatoms. The van der Waals surface area contributed by atoms with E-state index in [1.165, 1.54) is 0 Å². The molecule has 0 radical (unpaired) electrons. The Hall–Kier alpha value is -2.82. The third kappa shape index (κ3) is 5.09. The lowest BCUT2D eigenvalue weighted by molar-refractivity contribution is -0.133. The van der Waals surface area contributed by atoms with Gasteiger partial charge in [-0.05, 0) is 43.0 Å². The summed E-state index contributed by atoms with van der Waals surface area (Å²) in [6.07, 6.45) is -0.0412. The molecule has 0 heterocycles. The van der Waals surface area contributed by atoms with E-state index in [0.29, 0.717) is 17.1 Å². The normalized spacial score (nSPS) is 11.2. The number of nitrogens with one attached hydrogen (secondary N) is 2. The van der Waals surface area contributed by atoms with Crippen molar-refractivity contribution in [3.05, 3.63) is 54.1 Å². The van der Waals surface area contributed by atoms with Gasteiger partial charge in [-0.2, -0.15) is 0 Å². The fourth-order valence-electron chi connectivity index (χ4n) is 2.53. The Morgan fingerprint density at radius 3 is 1.92 bits per heavy atom. The molecular weight excluding hydrogens is 328 g/mol. The molecule has 0 aromatic heterocycles. The second-order valence-corrected chi connectivity index (χ2v) is 7.37. The van der Waals surface area contributed by atoms with Crippen LogP contribution in [-0.4, -0.2) is 17.9 Å². The van der Waals surface area contributed by atoms with Gasteiger partial charge in [0.15, 0.2) is 0 Å². The van der Waals surface area contributed by atoms with Crippen molar-refractivity contribution in [2.45, 2.75) is 46.1 Å². The average Bonchev–Trinajstić information content (AvgIpc) is 2.55. The van der Waals surface area contributed by atoms with Crippen LogP contribution in [0.25, 0.3) is 0 Å². The monoisotopic (exact) mass is 354 g/mol. The van der Waals surface area contributed by atoms with Gasteiger partial charge in [0.05, 0.1) is 11.8 Å². The first-order chi connectivity index (χ1) is 12.2. The fraction of sp³-hybridized carbons (Fsp3) is 0.333. The highest BCUT2D eigenvalue weighted by Crippen LogP contribution is 2.29. The lowest BCUT2D eigenvalue weighted by atomic mass is 9.86. The SMILES string of the molecule is CC(C)Oc1ccccc1NC(=O)C(=O)Nc1ccccc1C(C)(C)C. The molecule has 2 amide bonds. The minimum absolute atomic E-state index is 0.0412. The Labute approximate surface area is 154 Å². The minimum Gasteiger partial charge on any atom is -0.489 e. The molecule has 0 spiro atoms. The van der Waals surface area contributed by atoms with Gasteiger partial charge in [-0.15, -0.1) is 0 Å². The van der Waals surface area contributed by atoms with E-state index in [2.05, 4.69) is 31.4 Å². The van der Waals surface area contributed by atoms with E-state index in [1.54, 1.807) is 24.3 Å². The molecule has 2 aromatic carbocycles. The molecule has 26 heavy (non-hydrogen) atoms. The zero-order chi connectivity index (χ0) is 19.3. The molecule has 0 unspecified atom stereocenters. The number of rotatable bonds is 4. The predicted octanol–water partition coefficient (Wildman–Crippen LogP) is 4.35. The van der Waals surface area contributed by atoms with Crippen LogP contribution in [0.1, 0.15) is 40.2 Å². The van der Waals surface area contributed by atoms with Crippen LogP contribution in [0.15, 0.2) is 48.5 Å². The largest absolute Gasteiger partial charge is 0.489 e. The van der Waals surface area contributed by atoms with Crippen molar-refractivity contribution >= 4 is 23.2 Å². The first-order valence-corrected chi connectivity index (χ1v) is 8.66. The molecule has 0 aliphatic heterocycles. The molecule has 0 aliphatic carbocycles. The maximum absolute atomic E-state index is 12.4. The topological polar surface area (TPSA) is 67.4 Å². The summed E-state index contributed by atoms with van der Waals surface area (Å²) in [5.41, 5.74) is 1.90. The lowest BCUT2D eigenvalue weighted by Gasteiger charge is -2.22. The van der Waals surface area contributed by atoms with Crippen molar-refractivity contribution < 1.29 is 14.3 Å². The molecular formula is C21H26N2O3. The van der Waals surface area contributed by atoms with Crippen LogP contribution >= 0.6 is 0 Å². The van der Waals surface area contributed by atoms with Crippen molar-refractivity contribution in [3.63, 3.8) is 0 Å². The van der Waals surface area contributed by atoms with Crippen LogP contribution in [0.4, 0.5) is 11.4 Å². The van der Waals surface area contributed by atoms with Gasteiger partial charge in [0, 0.05) is 5.69 Å². The third-order valence-corrected chi connectivity index (χ3v) is 3.69. The van der Waals surface area contributed by atoms with E-state index in [4.69, 9.17) is 4.74 Å². The second-order valence-electron chi connectivity index (χ2n) is 7.37. The number of ether oxygens (including phenoxy) is 1. The Balaban J connectivity index is 2.14. The van der Waals surface area contributed by atoms with Crippen molar-refractivity contribution in [2.24, 2.45) is 0 Å². The number of amides is 2. The number of para-hydroxylation sites is 3. The molecule has 0 bridgehead atoms. The smallest absolute Gasteiger partial charge is 0.314 e. The third-order valence-electron chi connectivity index (χ3n) is 3.69. The van der Waals surface area contributed by atoms with Crippen LogP contribution in [0, 0.1) is 0 Å². The van der Waals surface area contributed by atoms with Gasteiger partial charge < -0.3 is 15.4 Å². The average molecular weight is 354 g/mol. The maximum Gasteiger partial charge on any atom is 0.314 e. The summed E-state index contributed by atoms with van der Waals surface area (Å²) in [7, 11) is 0. The summed E-state index contributed by atoms with van der Waals surface area (Å²) in [4.78, 5) is 24.7. The van der Waals surface area contributed by atoms with E-state index >= 15 is 0 Å². The highest BCUT2D eigenvalue weighted by atomic mass is 16.5. The maximum atomic E-state index is 12.4. The van der Waals surface area contributed by atoms with Gasteiger partial charge in [-0.3, -0.25) is 9.59 Å². The highest BCUT2D eigenvalue weighted by Gasteiger charge is 2.21. The Morgan fingerprint density at radius 1 is 0.846 bits per heavy atom. The van der Waals surface area contributed by atoms with Gasteiger partial charge in [0.25, 0.3) is 0 Å². The molecule has 0 saturated carbocycles. The van der Waals surface area contributed by atoms with Crippen molar-refractivity contribution in [1.82, 2.24) is 0 Å². The van der Waals surface area contributed by atoms with Gasteiger partial charge in [-0.1, -0.05) is 51.1 Å². The summed E-state index contributed by atoms with van der Waals surface area (Å²) < 4.78 is 5.66. The van der Waals surface area contributed by atoms with E-state index in [0.717, 1.165) is 5.56 Å². The van der Waals surface area contributed by atoms with Crippen molar-refractivity contribution in [2.75, 3.05) is 10.6 Å². The zero-order valence-electron chi connectivity index (χ0n) is 15.9. The van der Waals surface area contributed by atoms with E-state index in [9.17, 15) is 9.59 Å². The molecule has 0 fully saturated rings. The van der Waals surface area contributed by atoms with Crippen LogP contribution in [0.2, 0.25) is 0 Å². The van der Waals surface area contributed by atoms with Crippen LogP contribution in [0.5, 0.6) is 5.75 Å². The molecule has 138 valence electrons. The Morgan fingerprint density at radius 2 is 1.35 bits per heavy atom. The fourth-order valence-corrected chi connectivity index (χ4v) is 2.53. The number of benzene rings is 2. The quantitative estimate of drug-likeness (QED) is 0.802. The minimum atomic E-state index is -0.742. The van der Waals surface area contributed by atoms with Crippen molar-refractivity contribution in [1.29, 1.82) is 0 Å². The van der Waals surface area contributed by atoms with Gasteiger partial charge in [-0.25, -0.2) is 0 Å².